The van der Waals surface area contributed by atoms with E-state index < -0.39 is 0 Å². The highest BCUT2D eigenvalue weighted by Crippen LogP contribution is 2.54. The highest BCUT2D eigenvalue weighted by Gasteiger charge is 2.48. The molecule has 2 aromatic rings. The molecule has 3 aliphatic carbocycles. The van der Waals surface area contributed by atoms with Gasteiger partial charge in [0, 0.05) is 42.0 Å². The normalized spacial score (nSPS) is 30.9. The van der Waals surface area contributed by atoms with Crippen LogP contribution in [0.15, 0.2) is 12.4 Å². The molecule has 3 heterocycles. The van der Waals surface area contributed by atoms with Gasteiger partial charge in [-0.1, -0.05) is 11.6 Å². The van der Waals surface area contributed by atoms with Crippen molar-refractivity contribution in [3.63, 3.8) is 0 Å². The van der Waals surface area contributed by atoms with Gasteiger partial charge in [0.25, 0.3) is 0 Å². The minimum atomic E-state index is 0.412. The summed E-state index contributed by atoms with van der Waals surface area (Å²) < 4.78 is 2.15. The van der Waals surface area contributed by atoms with E-state index in [-0.39, 0.29) is 0 Å². The first kappa shape index (κ1) is 20.9. The maximum atomic E-state index is 6.53. The zero-order valence-corrected chi connectivity index (χ0v) is 19.4. The largest absolute Gasteiger partial charge is 0.351 e. The van der Waals surface area contributed by atoms with E-state index in [0.29, 0.717) is 40.6 Å². The lowest BCUT2D eigenvalue weighted by molar-refractivity contribution is 0.272. The van der Waals surface area contributed by atoms with Crippen molar-refractivity contribution >= 4 is 17.5 Å². The number of fused-ring (bicyclic) bond motifs is 1. The summed E-state index contributed by atoms with van der Waals surface area (Å²) in [5, 5.41) is 12.7. The standard InChI is InChI=1S/C24H34ClN7/c25-20-13-27-23(31-22(20)19-12-28-32-14-24(9-10-24)11-21(19)32)30-18-7-5-17(6-8-18)29-16-3-1-15(26)2-4-16/h12-13,15-18,29H,1-11,14,26H2,(H,27,30,31). The first-order chi connectivity index (χ1) is 15.6. The Kier molecular flexibility index (Phi) is 5.39. The molecule has 6 rings (SSSR count). The molecule has 8 heteroatoms. The van der Waals surface area contributed by atoms with Crippen LogP contribution >= 0.6 is 11.6 Å². The second-order valence-corrected chi connectivity index (χ2v) is 11.1. The number of nitrogens with two attached hydrogens (primary N) is 1. The van der Waals surface area contributed by atoms with Gasteiger partial charge >= 0.3 is 0 Å². The van der Waals surface area contributed by atoms with Crippen molar-refractivity contribution in [2.45, 2.75) is 101 Å². The summed E-state index contributed by atoms with van der Waals surface area (Å²) >= 11 is 6.53. The van der Waals surface area contributed by atoms with Crippen LogP contribution in [0.3, 0.4) is 0 Å². The van der Waals surface area contributed by atoms with Gasteiger partial charge in [0.2, 0.25) is 5.95 Å². The lowest BCUT2D eigenvalue weighted by Gasteiger charge is -2.35. The summed E-state index contributed by atoms with van der Waals surface area (Å²) in [4.78, 5) is 9.33. The topological polar surface area (TPSA) is 93.7 Å². The number of halogens is 1. The van der Waals surface area contributed by atoms with E-state index in [0.717, 1.165) is 49.9 Å². The van der Waals surface area contributed by atoms with Crippen LogP contribution in [0.1, 0.15) is 69.9 Å². The Morgan fingerprint density at radius 1 is 0.969 bits per heavy atom. The van der Waals surface area contributed by atoms with E-state index >= 15 is 0 Å². The van der Waals surface area contributed by atoms with Gasteiger partial charge in [0.15, 0.2) is 0 Å². The predicted molar refractivity (Wildman–Crippen MR) is 127 cm³/mol. The van der Waals surface area contributed by atoms with Gasteiger partial charge in [-0.05, 0) is 76.0 Å². The second kappa shape index (κ2) is 8.26. The van der Waals surface area contributed by atoms with Crippen molar-refractivity contribution in [2.75, 3.05) is 5.32 Å². The number of aromatic nitrogens is 4. The summed E-state index contributed by atoms with van der Waals surface area (Å²) in [5.41, 5.74) is 9.69. The highest BCUT2D eigenvalue weighted by molar-refractivity contribution is 6.33. The number of hydrogen-bond donors (Lipinski definition) is 3. The molecule has 1 aliphatic heterocycles. The molecule has 1 spiro atoms. The fraction of sp³-hybridized carbons (Fsp3) is 0.708. The zero-order chi connectivity index (χ0) is 21.7. The van der Waals surface area contributed by atoms with Crippen LogP contribution in [0, 0.1) is 5.41 Å². The summed E-state index contributed by atoms with van der Waals surface area (Å²) in [5.74, 6) is 0.682. The van der Waals surface area contributed by atoms with E-state index in [1.54, 1.807) is 6.20 Å². The van der Waals surface area contributed by atoms with Crippen molar-refractivity contribution in [1.82, 2.24) is 25.1 Å². The Bertz CT molecular complexity index is 969. The molecule has 0 atom stereocenters. The predicted octanol–water partition coefficient (Wildman–Crippen LogP) is 3.91. The molecular formula is C24H34ClN7. The summed E-state index contributed by atoms with van der Waals surface area (Å²) in [6, 6.07) is 2.10. The molecule has 2 aromatic heterocycles. The highest BCUT2D eigenvalue weighted by atomic mass is 35.5. The first-order valence-electron chi connectivity index (χ1n) is 12.4. The van der Waals surface area contributed by atoms with Crippen LogP contribution in [-0.2, 0) is 13.0 Å². The van der Waals surface area contributed by atoms with Crippen molar-refractivity contribution in [2.24, 2.45) is 11.1 Å². The van der Waals surface area contributed by atoms with Crippen LogP contribution in [0.2, 0.25) is 5.02 Å². The van der Waals surface area contributed by atoms with E-state index in [1.807, 2.05) is 6.20 Å². The molecule has 3 saturated carbocycles. The summed E-state index contributed by atoms with van der Waals surface area (Å²) in [6.45, 7) is 1.04. The van der Waals surface area contributed by atoms with E-state index in [2.05, 4.69) is 25.4 Å². The average molecular weight is 456 g/mol. The molecule has 0 saturated heterocycles. The zero-order valence-electron chi connectivity index (χ0n) is 18.7. The molecular weight excluding hydrogens is 422 g/mol. The van der Waals surface area contributed by atoms with Crippen LogP contribution in [0.25, 0.3) is 11.3 Å². The fourth-order valence-electron chi connectivity index (χ4n) is 6.00. The third kappa shape index (κ3) is 4.15. The smallest absolute Gasteiger partial charge is 0.223 e. The van der Waals surface area contributed by atoms with Gasteiger partial charge < -0.3 is 16.4 Å². The minimum absolute atomic E-state index is 0.412. The van der Waals surface area contributed by atoms with Gasteiger partial charge in [-0.2, -0.15) is 5.10 Å². The minimum Gasteiger partial charge on any atom is -0.351 e. The van der Waals surface area contributed by atoms with E-state index in [9.17, 15) is 0 Å². The Morgan fingerprint density at radius 3 is 2.38 bits per heavy atom. The molecule has 0 radical (unpaired) electrons. The molecule has 0 amide bonds. The van der Waals surface area contributed by atoms with Gasteiger partial charge in [-0.25, -0.2) is 9.97 Å². The Morgan fingerprint density at radius 2 is 1.66 bits per heavy atom. The molecule has 0 aromatic carbocycles. The monoisotopic (exact) mass is 455 g/mol. The van der Waals surface area contributed by atoms with E-state index in [1.165, 1.54) is 44.2 Å². The summed E-state index contributed by atoms with van der Waals surface area (Å²) in [7, 11) is 0. The van der Waals surface area contributed by atoms with Crippen LogP contribution in [0.4, 0.5) is 5.95 Å². The van der Waals surface area contributed by atoms with Gasteiger partial charge in [0.1, 0.15) is 0 Å². The van der Waals surface area contributed by atoms with Crippen molar-refractivity contribution in [3.05, 3.63) is 23.1 Å². The molecule has 32 heavy (non-hydrogen) atoms. The lowest BCUT2D eigenvalue weighted by Crippen LogP contribution is -2.45. The van der Waals surface area contributed by atoms with E-state index in [4.69, 9.17) is 22.3 Å². The Labute approximate surface area is 194 Å². The number of rotatable bonds is 5. The van der Waals surface area contributed by atoms with Crippen LogP contribution in [-0.4, -0.2) is 43.9 Å². The Balaban J connectivity index is 1.08. The molecule has 4 aliphatic rings. The third-order valence-corrected chi connectivity index (χ3v) is 8.51. The maximum absolute atomic E-state index is 6.53. The maximum Gasteiger partial charge on any atom is 0.223 e. The van der Waals surface area contributed by atoms with Crippen molar-refractivity contribution < 1.29 is 0 Å². The van der Waals surface area contributed by atoms with Crippen LogP contribution < -0.4 is 16.4 Å². The van der Waals surface area contributed by atoms with Gasteiger partial charge in [0.05, 0.1) is 23.1 Å². The number of nitrogens with zero attached hydrogens (tertiary/aromatic N) is 4. The molecule has 172 valence electrons. The average Bonchev–Trinajstić information content (AvgIpc) is 3.30. The molecule has 7 nitrogen and oxygen atoms in total. The number of nitrogens with one attached hydrogen (secondary N) is 2. The summed E-state index contributed by atoms with van der Waals surface area (Å²) in [6.07, 6.45) is 16.8. The fourth-order valence-corrected chi connectivity index (χ4v) is 6.20. The lowest BCUT2D eigenvalue weighted by atomic mass is 9.87. The van der Waals surface area contributed by atoms with Crippen molar-refractivity contribution in [1.29, 1.82) is 0 Å². The molecule has 4 N–H and O–H groups in total. The van der Waals surface area contributed by atoms with Gasteiger partial charge in [-0.3, -0.25) is 4.68 Å². The Hall–Kier alpha value is -1.70. The van der Waals surface area contributed by atoms with Crippen molar-refractivity contribution in [3.8, 4) is 11.3 Å². The number of hydrogen-bond acceptors (Lipinski definition) is 6. The SMILES string of the molecule is NC1CCC(NC2CCC(Nc3ncc(Cl)c(-c4cnn5c4CC4(CC4)C5)n3)CC2)CC1. The second-order valence-electron chi connectivity index (χ2n) is 10.7. The first-order valence-corrected chi connectivity index (χ1v) is 12.8. The van der Waals surface area contributed by atoms with Gasteiger partial charge in [-0.15, -0.1) is 0 Å². The quantitative estimate of drug-likeness (QED) is 0.632. The number of anilines is 1. The molecule has 0 bridgehead atoms. The third-order valence-electron chi connectivity index (χ3n) is 8.24. The molecule has 3 fully saturated rings. The molecule has 0 unspecified atom stereocenters. The van der Waals surface area contributed by atoms with Crippen LogP contribution in [0.5, 0.6) is 0 Å².